The van der Waals surface area contributed by atoms with Crippen molar-refractivity contribution in [3.05, 3.63) is 143 Å². The van der Waals surface area contributed by atoms with Crippen molar-refractivity contribution < 1.29 is 19.0 Å². The summed E-state index contributed by atoms with van der Waals surface area (Å²) >= 11 is 6.14. The van der Waals surface area contributed by atoms with Crippen molar-refractivity contribution in [2.75, 3.05) is 36.0 Å². The Bertz CT molecular complexity index is 2220. The summed E-state index contributed by atoms with van der Waals surface area (Å²) in [4.78, 5) is 21.7. The molecule has 4 heterocycles. The molecular weight excluding hydrogens is 714 g/mol. The lowest BCUT2D eigenvalue weighted by molar-refractivity contribution is -0.206. The lowest BCUT2D eigenvalue weighted by Gasteiger charge is -2.37. The van der Waals surface area contributed by atoms with E-state index in [4.69, 9.17) is 11.6 Å². The fraction of sp³-hybridized carbons (Fsp3) is 0.300. The summed E-state index contributed by atoms with van der Waals surface area (Å²) in [6.45, 7) is 6.25. The van der Waals surface area contributed by atoms with E-state index in [1.165, 1.54) is 63.1 Å². The van der Waals surface area contributed by atoms with Crippen LogP contribution in [0.15, 0.2) is 121 Å². The van der Waals surface area contributed by atoms with Crippen LogP contribution in [0, 0.1) is 0 Å². The first-order valence-electron chi connectivity index (χ1n) is 17.8. The molecule has 11 nitrogen and oxygen atoms in total. The fourth-order valence-electron chi connectivity index (χ4n) is 7.06. The summed E-state index contributed by atoms with van der Waals surface area (Å²) in [6, 6.07) is 25.6. The van der Waals surface area contributed by atoms with Crippen LogP contribution in [0.2, 0.25) is 5.02 Å². The first kappa shape index (κ1) is 37.0. The van der Waals surface area contributed by atoms with Gasteiger partial charge in [0.25, 0.3) is 0 Å². The number of aliphatic hydroxyl groups is 2. The quantitative estimate of drug-likeness (QED) is 0.150. The van der Waals surface area contributed by atoms with Crippen molar-refractivity contribution in [1.29, 1.82) is 0 Å². The highest BCUT2D eigenvalue weighted by Gasteiger charge is 2.56. The third-order valence-electron chi connectivity index (χ3n) is 10.2. The average Bonchev–Trinajstić information content (AvgIpc) is 3.84. The van der Waals surface area contributed by atoms with Crippen LogP contribution in [-0.4, -0.2) is 71.6 Å². The van der Waals surface area contributed by atoms with Crippen LogP contribution >= 0.6 is 11.6 Å². The number of alkyl halides is 2. The molecule has 14 heteroatoms. The smallest absolute Gasteiger partial charge is 0.350 e. The van der Waals surface area contributed by atoms with E-state index in [1.54, 1.807) is 25.1 Å². The molecule has 1 saturated heterocycles. The van der Waals surface area contributed by atoms with Gasteiger partial charge in [-0.25, -0.2) is 14.0 Å². The third-order valence-corrected chi connectivity index (χ3v) is 10.4. The Hall–Kier alpha value is -5.37. The summed E-state index contributed by atoms with van der Waals surface area (Å²) in [5.41, 5.74) is 0.700. The van der Waals surface area contributed by atoms with Crippen LogP contribution in [-0.2, 0) is 18.1 Å². The van der Waals surface area contributed by atoms with Gasteiger partial charge in [0, 0.05) is 66.7 Å². The second kappa shape index (κ2) is 15.2. The van der Waals surface area contributed by atoms with Gasteiger partial charge >= 0.3 is 11.6 Å². The zero-order valence-electron chi connectivity index (χ0n) is 29.9. The van der Waals surface area contributed by atoms with Crippen molar-refractivity contribution in [2.24, 2.45) is 0 Å². The van der Waals surface area contributed by atoms with E-state index in [-0.39, 0.29) is 22.3 Å². The first-order valence-corrected chi connectivity index (χ1v) is 18.2. The van der Waals surface area contributed by atoms with Gasteiger partial charge in [0.05, 0.1) is 24.4 Å². The Morgan fingerprint density at radius 1 is 0.852 bits per heavy atom. The van der Waals surface area contributed by atoms with Crippen molar-refractivity contribution in [3.8, 4) is 16.8 Å². The van der Waals surface area contributed by atoms with Crippen LogP contribution in [0.5, 0.6) is 0 Å². The third kappa shape index (κ3) is 7.14. The number of benzene rings is 3. The molecule has 0 amide bonds. The van der Waals surface area contributed by atoms with E-state index < -0.39 is 29.9 Å². The molecule has 1 aliphatic rings. The van der Waals surface area contributed by atoms with Crippen LogP contribution in [0.4, 0.5) is 20.2 Å². The Kier molecular flexibility index (Phi) is 10.4. The molecule has 0 aliphatic carbocycles. The molecule has 0 saturated carbocycles. The second-order valence-electron chi connectivity index (χ2n) is 13.6. The Labute approximate surface area is 316 Å². The number of hydrogen-bond donors (Lipinski definition) is 2. The Balaban J connectivity index is 0.997. The molecule has 6 aromatic rings. The van der Waals surface area contributed by atoms with Crippen LogP contribution in [0.3, 0.4) is 0 Å². The summed E-state index contributed by atoms with van der Waals surface area (Å²) in [5, 5.41) is 30.2. The molecule has 3 atom stereocenters. The predicted molar refractivity (Wildman–Crippen MR) is 204 cm³/mol. The molecule has 3 aromatic heterocycles. The number of anilines is 2. The summed E-state index contributed by atoms with van der Waals surface area (Å²) in [6.07, 6.45) is 5.76. The highest BCUT2D eigenvalue weighted by molar-refractivity contribution is 6.30. The zero-order chi connectivity index (χ0) is 38.0. The van der Waals surface area contributed by atoms with E-state index >= 15 is 8.78 Å². The minimum atomic E-state index is -3.79. The highest BCUT2D eigenvalue weighted by Crippen LogP contribution is 2.46. The summed E-state index contributed by atoms with van der Waals surface area (Å²) in [5.74, 6) is -3.79. The van der Waals surface area contributed by atoms with Crippen molar-refractivity contribution in [3.63, 3.8) is 0 Å². The van der Waals surface area contributed by atoms with Crippen molar-refractivity contribution in [2.45, 2.75) is 50.5 Å². The van der Waals surface area contributed by atoms with Crippen LogP contribution in [0.25, 0.3) is 16.8 Å². The highest BCUT2D eigenvalue weighted by atomic mass is 35.5. The molecular formula is C40H41ClF2N8O3. The molecule has 54 heavy (non-hydrogen) atoms. The van der Waals surface area contributed by atoms with Gasteiger partial charge < -0.3 is 20.0 Å². The van der Waals surface area contributed by atoms with Gasteiger partial charge in [-0.3, -0.25) is 9.67 Å². The minimum Gasteiger partial charge on any atom is -0.391 e. The monoisotopic (exact) mass is 754 g/mol. The lowest BCUT2D eigenvalue weighted by Crippen LogP contribution is -2.47. The predicted octanol–water partition coefficient (Wildman–Crippen LogP) is 6.28. The molecule has 0 bridgehead atoms. The molecule has 1 aliphatic heterocycles. The largest absolute Gasteiger partial charge is 0.391 e. The molecule has 7 rings (SSSR count). The van der Waals surface area contributed by atoms with Gasteiger partial charge in [0.1, 0.15) is 12.0 Å². The van der Waals surface area contributed by atoms with E-state index in [0.29, 0.717) is 17.7 Å². The Morgan fingerprint density at radius 3 is 2.04 bits per heavy atom. The fourth-order valence-corrected chi connectivity index (χ4v) is 7.25. The normalized spacial score (nSPS) is 15.9. The Morgan fingerprint density at radius 2 is 1.48 bits per heavy atom. The van der Waals surface area contributed by atoms with Gasteiger partial charge in [-0.15, -0.1) is 0 Å². The number of piperazine rings is 1. The zero-order valence-corrected chi connectivity index (χ0v) is 30.6. The summed E-state index contributed by atoms with van der Waals surface area (Å²) in [7, 11) is 0. The SMILES string of the molecule is CCC(C(C)O)n1ncn(-c2ccc(N3CCN(c4ccc(-c5ccc(C(F)(F)C(O)(Cn6cccn6)c6cccc(Cl)c6)nc5)cc4)CC3)cc2)c1=O. The first-order chi connectivity index (χ1) is 26.0. The van der Waals surface area contributed by atoms with Gasteiger partial charge in [-0.05, 0) is 85.1 Å². The van der Waals surface area contributed by atoms with Crippen LogP contribution < -0.4 is 15.5 Å². The van der Waals surface area contributed by atoms with E-state index in [9.17, 15) is 15.0 Å². The molecule has 0 radical (unpaired) electrons. The molecule has 3 aromatic carbocycles. The molecule has 2 N–H and O–H groups in total. The summed E-state index contributed by atoms with van der Waals surface area (Å²) < 4.78 is 36.6. The molecule has 1 fully saturated rings. The average molecular weight is 755 g/mol. The number of hydrogen-bond acceptors (Lipinski definition) is 8. The van der Waals surface area contributed by atoms with E-state index in [0.717, 1.165) is 43.1 Å². The molecule has 280 valence electrons. The molecule has 3 unspecified atom stereocenters. The standard InChI is InChI=1S/C40H41ClF2N8O3/c1-3-36(28(2)52)51-38(53)50(27-46-51)35-15-13-34(14-16-35)48-22-20-47(21-23-48)33-11-8-29(9-12-33)30-10-17-37(44-25-30)40(42,43)39(54,26-49-19-5-18-45-49)31-6-4-7-32(41)24-31/h4-19,24-25,27-28,36,52,54H,3,20-23,26H2,1-2H3. The maximum atomic E-state index is 16.3. The second-order valence-corrected chi connectivity index (χ2v) is 14.0. The number of pyridine rings is 1. The maximum absolute atomic E-state index is 16.3. The van der Waals surface area contributed by atoms with E-state index in [1.807, 2.05) is 55.5 Å². The maximum Gasteiger partial charge on any atom is 0.350 e. The number of halogens is 3. The van der Waals surface area contributed by atoms with Gasteiger partial charge in [0.2, 0.25) is 0 Å². The van der Waals surface area contributed by atoms with Crippen molar-refractivity contribution in [1.82, 2.24) is 29.1 Å². The topological polar surface area (TPSA) is 117 Å². The number of aliphatic hydroxyl groups excluding tert-OH is 1. The lowest BCUT2D eigenvalue weighted by atomic mass is 9.85. The number of aromatic nitrogens is 6. The van der Waals surface area contributed by atoms with Crippen LogP contribution in [0.1, 0.15) is 37.6 Å². The number of rotatable bonds is 12. The molecule has 0 spiro atoms. The van der Waals surface area contributed by atoms with Gasteiger partial charge in [0.15, 0.2) is 5.60 Å². The van der Waals surface area contributed by atoms with E-state index in [2.05, 4.69) is 25.0 Å². The minimum absolute atomic E-state index is 0.0480. The van der Waals surface area contributed by atoms with Gasteiger partial charge in [-0.1, -0.05) is 48.9 Å². The van der Waals surface area contributed by atoms with Crippen molar-refractivity contribution >= 4 is 23.0 Å². The van der Waals surface area contributed by atoms with Gasteiger partial charge in [-0.2, -0.15) is 19.0 Å². The number of nitrogens with zero attached hydrogens (tertiary/aromatic N) is 8.